The van der Waals surface area contributed by atoms with Crippen LogP contribution in [0.5, 0.6) is 11.5 Å². The zero-order valence-corrected chi connectivity index (χ0v) is 16.5. The minimum Gasteiger partial charge on any atom is -0.493 e. The van der Waals surface area contributed by atoms with E-state index >= 15 is 0 Å². The van der Waals surface area contributed by atoms with Crippen molar-refractivity contribution in [2.75, 3.05) is 20.5 Å². The number of benzene rings is 2. The number of ether oxygens (including phenoxy) is 2. The maximum absolute atomic E-state index is 12.5. The van der Waals surface area contributed by atoms with Crippen LogP contribution in [-0.2, 0) is 23.6 Å². The third kappa shape index (κ3) is 4.36. The van der Waals surface area contributed by atoms with E-state index in [9.17, 15) is 4.79 Å². The van der Waals surface area contributed by atoms with Gasteiger partial charge in [0.2, 0.25) is 5.91 Å². The minimum absolute atomic E-state index is 0.0599. The monoisotopic (exact) mass is 385 g/mol. The van der Waals surface area contributed by atoms with Gasteiger partial charge in [-0.25, -0.2) is 4.98 Å². The number of fused-ring (bicyclic) bond motifs is 1. The van der Waals surface area contributed by atoms with Crippen molar-refractivity contribution in [3.05, 3.63) is 53.9 Å². The molecule has 1 N–H and O–H groups in total. The van der Waals surface area contributed by atoms with E-state index in [0.717, 1.165) is 28.2 Å². The molecular formula is C20H23N3O3S. The van der Waals surface area contributed by atoms with E-state index in [1.807, 2.05) is 53.3 Å². The van der Waals surface area contributed by atoms with E-state index in [4.69, 9.17) is 9.47 Å². The molecule has 0 aliphatic heterocycles. The highest BCUT2D eigenvalue weighted by atomic mass is 32.2. The van der Waals surface area contributed by atoms with Gasteiger partial charge in [-0.15, -0.1) is 0 Å². The second kappa shape index (κ2) is 8.81. The van der Waals surface area contributed by atoms with E-state index in [-0.39, 0.29) is 12.5 Å². The lowest BCUT2D eigenvalue weighted by Crippen LogP contribution is -2.27. The molecule has 1 aromatic heterocycles. The Morgan fingerprint density at radius 2 is 1.93 bits per heavy atom. The number of hydrogen-bond acceptors (Lipinski definition) is 5. The first kappa shape index (κ1) is 19.1. The van der Waals surface area contributed by atoms with Crippen LogP contribution in [-0.4, -0.2) is 35.9 Å². The molecule has 1 amide bonds. The van der Waals surface area contributed by atoms with Gasteiger partial charge in [0.15, 0.2) is 11.5 Å². The van der Waals surface area contributed by atoms with E-state index in [2.05, 4.69) is 10.3 Å². The standard InChI is InChI=1S/C20H23N3O3S/c1-25-17-9-8-14(10-18(17)26-2)11-21-20(24)12-23-16-7-5-4-6-15(16)22-19(23)13-27-3/h4-10H,11-13H2,1-3H3,(H,21,24). The minimum atomic E-state index is -0.0599. The van der Waals surface area contributed by atoms with Crippen LogP contribution in [0, 0.1) is 0 Å². The Morgan fingerprint density at radius 1 is 1.15 bits per heavy atom. The Morgan fingerprint density at radius 3 is 2.67 bits per heavy atom. The summed E-state index contributed by atoms with van der Waals surface area (Å²) >= 11 is 1.69. The number of amides is 1. The summed E-state index contributed by atoms with van der Waals surface area (Å²) in [7, 11) is 3.19. The van der Waals surface area contributed by atoms with Gasteiger partial charge >= 0.3 is 0 Å². The molecular weight excluding hydrogens is 362 g/mol. The van der Waals surface area contributed by atoms with Gasteiger partial charge in [0.25, 0.3) is 0 Å². The highest BCUT2D eigenvalue weighted by Crippen LogP contribution is 2.27. The average molecular weight is 385 g/mol. The number of aromatic nitrogens is 2. The molecule has 1 heterocycles. The van der Waals surface area contributed by atoms with Crippen LogP contribution in [0.2, 0.25) is 0 Å². The highest BCUT2D eigenvalue weighted by molar-refractivity contribution is 7.97. The summed E-state index contributed by atoms with van der Waals surface area (Å²) in [5.41, 5.74) is 2.83. The second-order valence-electron chi connectivity index (χ2n) is 6.00. The largest absolute Gasteiger partial charge is 0.493 e. The van der Waals surface area contributed by atoms with Gasteiger partial charge in [-0.05, 0) is 36.1 Å². The van der Waals surface area contributed by atoms with E-state index < -0.39 is 0 Å². The van der Waals surface area contributed by atoms with E-state index in [1.54, 1.807) is 26.0 Å². The number of carbonyl (C=O) groups excluding carboxylic acids is 1. The van der Waals surface area contributed by atoms with Crippen LogP contribution >= 0.6 is 11.8 Å². The summed E-state index contributed by atoms with van der Waals surface area (Å²) in [6, 6.07) is 13.5. The third-order valence-corrected chi connectivity index (χ3v) is 4.79. The molecule has 0 aliphatic rings. The Bertz CT molecular complexity index is 939. The molecule has 142 valence electrons. The number of nitrogens with zero attached hydrogens (tertiary/aromatic N) is 2. The number of carbonyl (C=O) groups is 1. The summed E-state index contributed by atoms with van der Waals surface area (Å²) in [6.07, 6.45) is 2.03. The fourth-order valence-corrected chi connectivity index (χ4v) is 3.41. The number of para-hydroxylation sites is 2. The molecule has 3 rings (SSSR count). The Kier molecular flexibility index (Phi) is 6.24. The van der Waals surface area contributed by atoms with Crippen molar-refractivity contribution < 1.29 is 14.3 Å². The molecule has 3 aromatic rings. The summed E-state index contributed by atoms with van der Waals surface area (Å²) in [5.74, 6) is 2.92. The molecule has 0 saturated carbocycles. The maximum Gasteiger partial charge on any atom is 0.240 e. The molecule has 2 aromatic carbocycles. The second-order valence-corrected chi connectivity index (χ2v) is 6.87. The van der Waals surface area contributed by atoms with Gasteiger partial charge < -0.3 is 19.4 Å². The molecule has 0 aliphatic carbocycles. The van der Waals surface area contributed by atoms with Crippen LogP contribution in [0.25, 0.3) is 11.0 Å². The molecule has 0 unspecified atom stereocenters. The average Bonchev–Trinajstić information content (AvgIpc) is 3.03. The summed E-state index contributed by atoms with van der Waals surface area (Å²) in [5, 5.41) is 2.97. The summed E-state index contributed by atoms with van der Waals surface area (Å²) < 4.78 is 12.5. The predicted molar refractivity (Wildman–Crippen MR) is 108 cm³/mol. The van der Waals surface area contributed by atoms with E-state index in [1.165, 1.54) is 0 Å². The van der Waals surface area contributed by atoms with Gasteiger partial charge in [0.05, 0.1) is 31.0 Å². The molecule has 0 bridgehead atoms. The Labute approximate surface area is 162 Å². The molecule has 7 heteroatoms. The smallest absolute Gasteiger partial charge is 0.240 e. The van der Waals surface area contributed by atoms with Gasteiger partial charge in [0, 0.05) is 6.54 Å². The lowest BCUT2D eigenvalue weighted by atomic mass is 10.2. The Balaban J connectivity index is 1.71. The topological polar surface area (TPSA) is 65.4 Å². The van der Waals surface area contributed by atoms with Gasteiger partial charge in [-0.1, -0.05) is 18.2 Å². The SMILES string of the molecule is COc1ccc(CNC(=O)Cn2c(CSC)nc3ccccc32)cc1OC. The van der Waals surface area contributed by atoms with Crippen molar-refractivity contribution in [2.45, 2.75) is 18.8 Å². The number of hydrogen-bond donors (Lipinski definition) is 1. The lowest BCUT2D eigenvalue weighted by Gasteiger charge is -2.12. The summed E-state index contributed by atoms with van der Waals surface area (Å²) in [4.78, 5) is 17.2. The molecule has 27 heavy (non-hydrogen) atoms. The molecule has 0 spiro atoms. The molecule has 6 nitrogen and oxygen atoms in total. The lowest BCUT2D eigenvalue weighted by molar-refractivity contribution is -0.121. The van der Waals surface area contributed by atoms with Crippen molar-refractivity contribution in [3.8, 4) is 11.5 Å². The van der Waals surface area contributed by atoms with Crippen LogP contribution in [0.3, 0.4) is 0 Å². The first-order valence-electron chi connectivity index (χ1n) is 8.57. The van der Waals surface area contributed by atoms with Crippen LogP contribution < -0.4 is 14.8 Å². The van der Waals surface area contributed by atoms with Crippen molar-refractivity contribution in [1.29, 1.82) is 0 Å². The fraction of sp³-hybridized carbons (Fsp3) is 0.300. The van der Waals surface area contributed by atoms with Gasteiger partial charge in [-0.2, -0.15) is 11.8 Å². The van der Waals surface area contributed by atoms with Crippen LogP contribution in [0.4, 0.5) is 0 Å². The zero-order chi connectivity index (χ0) is 19.2. The van der Waals surface area contributed by atoms with Gasteiger partial charge in [0.1, 0.15) is 12.4 Å². The first-order valence-corrected chi connectivity index (χ1v) is 9.96. The first-order chi connectivity index (χ1) is 13.2. The van der Waals surface area contributed by atoms with Gasteiger partial charge in [-0.3, -0.25) is 4.79 Å². The van der Waals surface area contributed by atoms with Crippen molar-refractivity contribution >= 4 is 28.7 Å². The molecule has 0 fully saturated rings. The quantitative estimate of drug-likeness (QED) is 0.645. The number of imidazole rings is 1. The van der Waals surface area contributed by atoms with Crippen molar-refractivity contribution in [2.24, 2.45) is 0 Å². The number of thioether (sulfide) groups is 1. The number of nitrogens with one attached hydrogen (secondary N) is 1. The number of rotatable bonds is 8. The van der Waals surface area contributed by atoms with Crippen LogP contribution in [0.15, 0.2) is 42.5 Å². The zero-order valence-electron chi connectivity index (χ0n) is 15.7. The molecule has 0 saturated heterocycles. The van der Waals surface area contributed by atoms with Crippen molar-refractivity contribution in [3.63, 3.8) is 0 Å². The molecule has 0 atom stereocenters. The third-order valence-electron chi connectivity index (χ3n) is 4.25. The maximum atomic E-state index is 12.5. The normalized spacial score (nSPS) is 10.8. The highest BCUT2D eigenvalue weighted by Gasteiger charge is 2.13. The molecule has 0 radical (unpaired) electrons. The fourth-order valence-electron chi connectivity index (χ4n) is 2.93. The van der Waals surface area contributed by atoms with E-state index in [0.29, 0.717) is 18.0 Å². The van der Waals surface area contributed by atoms with Crippen LogP contribution in [0.1, 0.15) is 11.4 Å². The van der Waals surface area contributed by atoms with Crippen molar-refractivity contribution in [1.82, 2.24) is 14.9 Å². The predicted octanol–water partition coefficient (Wildman–Crippen LogP) is 3.23. The Hall–Kier alpha value is -2.67. The number of methoxy groups -OCH3 is 2. The summed E-state index contributed by atoms with van der Waals surface area (Å²) in [6.45, 7) is 0.660.